The van der Waals surface area contributed by atoms with E-state index in [1.54, 1.807) is 16.2 Å². The molecule has 0 unspecified atom stereocenters. The average Bonchev–Trinajstić information content (AvgIpc) is 3.10. The first kappa shape index (κ1) is 17.9. The predicted octanol–water partition coefficient (Wildman–Crippen LogP) is 2.93. The van der Waals surface area contributed by atoms with Crippen molar-refractivity contribution < 1.29 is 4.79 Å². The van der Waals surface area contributed by atoms with Gasteiger partial charge >= 0.3 is 6.03 Å². The lowest BCUT2D eigenvalue weighted by Crippen LogP contribution is -2.41. The first-order valence-electron chi connectivity index (χ1n) is 8.77. The standard InChI is InChI=1S/C18H27N5OS/c1-13-9-14(2)23(21-13)11-18(6-7-18)10-19-17(24)22(4)8-5-16-15(3)20-12-25-16/h9,12H,5-8,10-11H2,1-4H3,(H,19,24). The van der Waals surface area contributed by atoms with Crippen LogP contribution in [0.4, 0.5) is 4.79 Å². The molecule has 2 amide bonds. The molecule has 3 rings (SSSR count). The van der Waals surface area contributed by atoms with Crippen molar-refractivity contribution in [3.63, 3.8) is 0 Å². The summed E-state index contributed by atoms with van der Waals surface area (Å²) in [6, 6.07) is 2.10. The van der Waals surface area contributed by atoms with Crippen LogP contribution in [0.25, 0.3) is 0 Å². The van der Waals surface area contributed by atoms with Gasteiger partial charge in [0.2, 0.25) is 0 Å². The number of nitrogens with zero attached hydrogens (tertiary/aromatic N) is 4. The molecule has 1 N–H and O–H groups in total. The Bertz CT molecular complexity index is 746. The molecule has 25 heavy (non-hydrogen) atoms. The van der Waals surface area contributed by atoms with Gasteiger partial charge in [0, 0.05) is 49.1 Å². The fourth-order valence-electron chi connectivity index (χ4n) is 3.06. The van der Waals surface area contributed by atoms with Crippen LogP contribution >= 0.6 is 11.3 Å². The van der Waals surface area contributed by atoms with Gasteiger partial charge in [-0.1, -0.05) is 0 Å². The van der Waals surface area contributed by atoms with Crippen LogP contribution < -0.4 is 5.32 Å². The number of thiazole rings is 1. The van der Waals surface area contributed by atoms with Gasteiger partial charge < -0.3 is 10.2 Å². The monoisotopic (exact) mass is 361 g/mol. The third kappa shape index (κ3) is 4.39. The van der Waals surface area contributed by atoms with Crippen molar-refractivity contribution in [2.75, 3.05) is 20.1 Å². The Morgan fingerprint density at radius 1 is 1.40 bits per heavy atom. The molecule has 2 aromatic rings. The predicted molar refractivity (Wildman–Crippen MR) is 100.0 cm³/mol. The topological polar surface area (TPSA) is 63.1 Å². The lowest BCUT2D eigenvalue weighted by atomic mass is 10.1. The van der Waals surface area contributed by atoms with Crippen molar-refractivity contribution in [1.29, 1.82) is 0 Å². The molecule has 7 heteroatoms. The Balaban J connectivity index is 1.46. The van der Waals surface area contributed by atoms with E-state index in [0.29, 0.717) is 13.1 Å². The highest BCUT2D eigenvalue weighted by Crippen LogP contribution is 2.46. The molecule has 1 saturated carbocycles. The van der Waals surface area contributed by atoms with Crippen molar-refractivity contribution >= 4 is 17.4 Å². The highest BCUT2D eigenvalue weighted by atomic mass is 32.1. The summed E-state index contributed by atoms with van der Waals surface area (Å²) < 4.78 is 2.07. The molecule has 1 fully saturated rings. The second kappa shape index (κ2) is 7.15. The third-order valence-corrected chi connectivity index (χ3v) is 6.02. The second-order valence-corrected chi connectivity index (χ2v) is 8.22. The molecule has 0 radical (unpaired) electrons. The number of urea groups is 1. The minimum absolute atomic E-state index is 0.00168. The molecule has 1 aliphatic rings. The zero-order valence-corrected chi connectivity index (χ0v) is 16.3. The van der Waals surface area contributed by atoms with E-state index in [1.165, 1.54) is 10.6 Å². The van der Waals surface area contributed by atoms with Crippen LogP contribution in [0.1, 0.15) is 34.8 Å². The number of amides is 2. The number of carbonyl (C=O) groups excluding carboxylic acids is 1. The first-order valence-corrected chi connectivity index (χ1v) is 9.65. The van der Waals surface area contributed by atoms with E-state index in [1.807, 2.05) is 26.4 Å². The normalized spacial score (nSPS) is 15.2. The summed E-state index contributed by atoms with van der Waals surface area (Å²) in [5.41, 5.74) is 5.34. The Morgan fingerprint density at radius 3 is 2.72 bits per heavy atom. The minimum Gasteiger partial charge on any atom is -0.337 e. The summed E-state index contributed by atoms with van der Waals surface area (Å²) in [5, 5.41) is 7.66. The van der Waals surface area contributed by atoms with Crippen LogP contribution in [-0.4, -0.2) is 45.8 Å². The molecule has 0 spiro atoms. The van der Waals surface area contributed by atoms with E-state index in [9.17, 15) is 4.79 Å². The fraction of sp³-hybridized carbons (Fsp3) is 0.611. The van der Waals surface area contributed by atoms with Crippen molar-refractivity contribution in [3.8, 4) is 0 Å². The Morgan fingerprint density at radius 2 is 2.16 bits per heavy atom. The molecule has 1 aliphatic carbocycles. The summed E-state index contributed by atoms with van der Waals surface area (Å²) in [6.45, 7) is 8.43. The molecular formula is C18H27N5OS. The van der Waals surface area contributed by atoms with Gasteiger partial charge in [0.25, 0.3) is 0 Å². The molecule has 6 nitrogen and oxygen atoms in total. The number of rotatable bonds is 7. The van der Waals surface area contributed by atoms with Gasteiger partial charge in [-0.15, -0.1) is 11.3 Å². The maximum absolute atomic E-state index is 12.4. The zero-order valence-electron chi connectivity index (χ0n) is 15.5. The molecule has 2 aromatic heterocycles. The van der Waals surface area contributed by atoms with Gasteiger partial charge in [-0.2, -0.15) is 5.10 Å². The Hall–Kier alpha value is -1.89. The molecule has 136 valence electrons. The fourth-order valence-corrected chi connectivity index (χ4v) is 3.83. The Kier molecular flexibility index (Phi) is 5.13. The quantitative estimate of drug-likeness (QED) is 0.825. The van der Waals surface area contributed by atoms with Crippen LogP contribution in [0.5, 0.6) is 0 Å². The van der Waals surface area contributed by atoms with E-state index in [4.69, 9.17) is 0 Å². The maximum atomic E-state index is 12.4. The number of hydrogen-bond donors (Lipinski definition) is 1. The van der Waals surface area contributed by atoms with E-state index >= 15 is 0 Å². The van der Waals surface area contributed by atoms with Gasteiger partial charge in [0.1, 0.15) is 0 Å². The van der Waals surface area contributed by atoms with Crippen molar-refractivity contribution in [1.82, 2.24) is 25.0 Å². The molecular weight excluding hydrogens is 334 g/mol. The molecule has 0 bridgehead atoms. The van der Waals surface area contributed by atoms with E-state index < -0.39 is 0 Å². The highest BCUT2D eigenvalue weighted by molar-refractivity contribution is 7.09. The van der Waals surface area contributed by atoms with Crippen molar-refractivity contribution in [2.24, 2.45) is 5.41 Å². The lowest BCUT2D eigenvalue weighted by Gasteiger charge is -2.21. The lowest BCUT2D eigenvalue weighted by molar-refractivity contribution is 0.205. The Labute approximate surface area is 153 Å². The van der Waals surface area contributed by atoms with Gasteiger partial charge in [-0.3, -0.25) is 4.68 Å². The molecule has 0 aliphatic heterocycles. The van der Waals surface area contributed by atoms with Crippen LogP contribution in [-0.2, 0) is 13.0 Å². The summed E-state index contributed by atoms with van der Waals surface area (Å²) in [5.74, 6) is 0. The summed E-state index contributed by atoms with van der Waals surface area (Å²) in [6.07, 6.45) is 3.15. The average molecular weight is 362 g/mol. The summed E-state index contributed by atoms with van der Waals surface area (Å²) in [7, 11) is 1.85. The molecule has 0 atom stereocenters. The van der Waals surface area contributed by atoms with Gasteiger partial charge in [0.15, 0.2) is 0 Å². The van der Waals surface area contributed by atoms with Gasteiger partial charge in [-0.05, 0) is 39.7 Å². The largest absolute Gasteiger partial charge is 0.337 e. The number of carbonyl (C=O) groups is 1. The zero-order chi connectivity index (χ0) is 18.0. The second-order valence-electron chi connectivity index (χ2n) is 7.28. The minimum atomic E-state index is 0.00168. The van der Waals surface area contributed by atoms with E-state index in [-0.39, 0.29) is 11.4 Å². The highest BCUT2D eigenvalue weighted by Gasteiger charge is 2.43. The van der Waals surface area contributed by atoms with Crippen LogP contribution in [0.2, 0.25) is 0 Å². The van der Waals surface area contributed by atoms with Crippen LogP contribution in [0.15, 0.2) is 11.6 Å². The van der Waals surface area contributed by atoms with Crippen LogP contribution in [0.3, 0.4) is 0 Å². The van der Waals surface area contributed by atoms with E-state index in [2.05, 4.69) is 33.1 Å². The molecule has 2 heterocycles. The van der Waals surface area contributed by atoms with E-state index in [0.717, 1.165) is 37.2 Å². The number of hydrogen-bond acceptors (Lipinski definition) is 4. The number of likely N-dealkylation sites (N-methyl/N-ethyl adjacent to an activating group) is 1. The first-order chi connectivity index (χ1) is 11.9. The van der Waals surface area contributed by atoms with Gasteiger partial charge in [0.05, 0.1) is 16.9 Å². The SMILES string of the molecule is Cc1cc(C)n(CC2(CNC(=O)N(C)CCc3scnc3C)CC2)n1. The van der Waals surface area contributed by atoms with Crippen LogP contribution in [0, 0.1) is 26.2 Å². The van der Waals surface area contributed by atoms with Gasteiger partial charge in [-0.25, -0.2) is 9.78 Å². The maximum Gasteiger partial charge on any atom is 0.317 e. The summed E-state index contributed by atoms with van der Waals surface area (Å²) in [4.78, 5) is 19.6. The van der Waals surface area contributed by atoms with Crippen molar-refractivity contribution in [3.05, 3.63) is 33.5 Å². The molecule has 0 aromatic carbocycles. The number of aromatic nitrogens is 3. The number of nitrogens with one attached hydrogen (secondary N) is 1. The number of aryl methyl sites for hydroxylation is 3. The molecule has 0 saturated heterocycles. The van der Waals surface area contributed by atoms with Crippen molar-refractivity contribution in [2.45, 2.75) is 46.6 Å². The third-order valence-electron chi connectivity index (χ3n) is 5.03. The smallest absolute Gasteiger partial charge is 0.317 e. The summed E-state index contributed by atoms with van der Waals surface area (Å²) >= 11 is 1.66.